The Hall–Kier alpha value is -3.31. The molecule has 10 heteroatoms. The summed E-state index contributed by atoms with van der Waals surface area (Å²) in [6, 6.07) is 12.6. The summed E-state index contributed by atoms with van der Waals surface area (Å²) in [5.41, 5.74) is 18.3. The van der Waals surface area contributed by atoms with Gasteiger partial charge in [0.15, 0.2) is 0 Å². The first-order valence-corrected chi connectivity index (χ1v) is 11.5. The number of nitrogens with two attached hydrogens (primary N) is 2. The number of aryl methyl sites for hydroxylation is 1. The van der Waals surface area contributed by atoms with Crippen molar-refractivity contribution in [1.29, 1.82) is 0 Å². The predicted molar refractivity (Wildman–Crippen MR) is 133 cm³/mol. The summed E-state index contributed by atoms with van der Waals surface area (Å²) in [6.07, 6.45) is 0.683. The first kappa shape index (κ1) is 23.4. The maximum absolute atomic E-state index is 13.7. The van der Waals surface area contributed by atoms with Gasteiger partial charge in [0.25, 0.3) is 0 Å². The van der Waals surface area contributed by atoms with Crippen molar-refractivity contribution < 1.29 is 9.13 Å². The number of hydrogen-bond acceptors (Lipinski definition) is 8. The zero-order chi connectivity index (χ0) is 24.9. The third kappa shape index (κ3) is 3.98. The maximum atomic E-state index is 13.7. The third-order valence-corrected chi connectivity index (χ3v) is 6.99. The second-order valence-electron chi connectivity index (χ2n) is 9.18. The largest absolute Gasteiger partial charge is 0.494 e. The second-order valence-corrected chi connectivity index (χ2v) is 9.18. The quantitative estimate of drug-likeness (QED) is 0.587. The summed E-state index contributed by atoms with van der Waals surface area (Å²) in [5.74, 6) is 1.12. The van der Waals surface area contributed by atoms with Gasteiger partial charge in [-0.1, -0.05) is 12.1 Å². The van der Waals surface area contributed by atoms with E-state index in [1.165, 1.54) is 18.5 Å². The molecule has 35 heavy (non-hydrogen) atoms. The Morgan fingerprint density at radius 1 is 1.09 bits per heavy atom. The molecule has 0 bridgehead atoms. The molecule has 4 N–H and O–H groups in total. The summed E-state index contributed by atoms with van der Waals surface area (Å²) in [7, 11) is 5.64. The molecule has 0 radical (unpaired) electrons. The van der Waals surface area contributed by atoms with E-state index in [9.17, 15) is 4.39 Å². The molecule has 0 saturated heterocycles. The number of benzene rings is 2. The van der Waals surface area contributed by atoms with Gasteiger partial charge in [0.05, 0.1) is 13.3 Å². The van der Waals surface area contributed by atoms with Crippen LogP contribution in [0.5, 0.6) is 5.75 Å². The van der Waals surface area contributed by atoms with Crippen LogP contribution < -0.4 is 21.1 Å². The second kappa shape index (κ2) is 9.04. The molecule has 0 amide bonds. The Labute approximate surface area is 204 Å². The highest BCUT2D eigenvalue weighted by atomic mass is 19.1. The number of rotatable bonds is 4. The number of halogens is 1. The van der Waals surface area contributed by atoms with E-state index < -0.39 is 6.29 Å². The first-order valence-electron chi connectivity index (χ1n) is 11.5. The predicted octanol–water partition coefficient (Wildman–Crippen LogP) is 1.99. The van der Waals surface area contributed by atoms with Crippen LogP contribution >= 0.6 is 0 Å². The van der Waals surface area contributed by atoms with E-state index in [0.29, 0.717) is 5.75 Å². The van der Waals surface area contributed by atoms with Gasteiger partial charge in [-0.05, 0) is 56.4 Å². The van der Waals surface area contributed by atoms with Gasteiger partial charge in [0.1, 0.15) is 35.7 Å². The van der Waals surface area contributed by atoms with Crippen LogP contribution in [-0.2, 0) is 0 Å². The highest BCUT2D eigenvalue weighted by molar-refractivity contribution is 5.65. The highest BCUT2D eigenvalue weighted by Gasteiger charge is 2.42. The van der Waals surface area contributed by atoms with Crippen molar-refractivity contribution in [2.45, 2.75) is 25.3 Å². The normalized spacial score (nSPS) is 23.5. The van der Waals surface area contributed by atoms with Crippen LogP contribution in [0, 0.1) is 12.7 Å². The van der Waals surface area contributed by atoms with Gasteiger partial charge in [-0.3, -0.25) is 10.6 Å². The van der Waals surface area contributed by atoms with E-state index in [-0.39, 0.29) is 17.9 Å². The molecule has 5 rings (SSSR count). The number of anilines is 1. The third-order valence-electron chi connectivity index (χ3n) is 6.99. The average Bonchev–Trinajstić information content (AvgIpc) is 3.28. The lowest BCUT2D eigenvalue weighted by Crippen LogP contribution is -2.65. The minimum atomic E-state index is -0.501. The molecule has 3 heterocycles. The van der Waals surface area contributed by atoms with Crippen molar-refractivity contribution >= 4 is 5.69 Å². The van der Waals surface area contributed by atoms with Crippen LogP contribution in [0.3, 0.4) is 0 Å². The molecule has 0 fully saturated rings. The monoisotopic (exact) mass is 478 g/mol. The van der Waals surface area contributed by atoms with Gasteiger partial charge in [-0.15, -0.1) is 0 Å². The smallest absolute Gasteiger partial charge is 0.146 e. The Morgan fingerprint density at radius 3 is 2.49 bits per heavy atom. The molecule has 2 aromatic carbocycles. The van der Waals surface area contributed by atoms with Gasteiger partial charge in [0, 0.05) is 36.5 Å². The molecule has 3 aromatic rings. The summed E-state index contributed by atoms with van der Waals surface area (Å²) < 4.78 is 21.2. The standard InChI is InChI=1S/C25H31FN8O/c1-15-29-14-30-34(15)21-10-9-18(11-22(21)35-4)33-23-19(16-5-7-17(26)8-6-16)12-31(2)13-20(23)24(27)32(3)25(33)28/h5-11,14,19,24-25H,12-13,27-28H2,1-4H3. The molecule has 0 spiro atoms. The summed E-state index contributed by atoms with van der Waals surface area (Å²) >= 11 is 0. The highest BCUT2D eigenvalue weighted by Crippen LogP contribution is 2.42. The van der Waals surface area contributed by atoms with Crippen molar-refractivity contribution in [2.75, 3.05) is 39.2 Å². The van der Waals surface area contributed by atoms with E-state index in [0.717, 1.165) is 47.1 Å². The van der Waals surface area contributed by atoms with Crippen molar-refractivity contribution in [1.82, 2.24) is 24.6 Å². The minimum absolute atomic E-state index is 0.0293. The Kier molecular flexibility index (Phi) is 6.06. The van der Waals surface area contributed by atoms with Crippen LogP contribution in [0.15, 0.2) is 60.1 Å². The fourth-order valence-corrected chi connectivity index (χ4v) is 5.14. The fourth-order valence-electron chi connectivity index (χ4n) is 5.14. The zero-order valence-corrected chi connectivity index (χ0v) is 20.4. The van der Waals surface area contributed by atoms with Gasteiger partial charge in [-0.2, -0.15) is 5.10 Å². The average molecular weight is 479 g/mol. The molecular weight excluding hydrogens is 447 g/mol. The van der Waals surface area contributed by atoms with Gasteiger partial charge in [0.2, 0.25) is 0 Å². The molecule has 1 aromatic heterocycles. The molecule has 0 saturated carbocycles. The number of hydrogen-bond donors (Lipinski definition) is 2. The van der Waals surface area contributed by atoms with Crippen molar-refractivity contribution in [3.8, 4) is 11.4 Å². The molecule has 9 nitrogen and oxygen atoms in total. The molecule has 3 atom stereocenters. The van der Waals surface area contributed by atoms with E-state index in [1.807, 2.05) is 49.2 Å². The molecule has 0 aliphatic carbocycles. The Morgan fingerprint density at radius 2 is 1.83 bits per heavy atom. The molecule has 2 aliphatic heterocycles. The fraction of sp³-hybridized carbons (Fsp3) is 0.360. The Bertz CT molecular complexity index is 1260. The van der Waals surface area contributed by atoms with Gasteiger partial charge < -0.3 is 20.3 Å². The SMILES string of the molecule is COc1cc(N2C3=C(CN(C)CC3c3ccc(F)cc3)C(N)N(C)C2N)ccc1-n1ncnc1C. The number of nitrogens with zero attached hydrogens (tertiary/aromatic N) is 6. The van der Waals surface area contributed by atoms with Crippen LogP contribution in [0.1, 0.15) is 17.3 Å². The lowest BCUT2D eigenvalue weighted by Gasteiger charge is -2.52. The zero-order valence-electron chi connectivity index (χ0n) is 20.4. The summed E-state index contributed by atoms with van der Waals surface area (Å²) in [6.45, 7) is 3.37. The lowest BCUT2D eigenvalue weighted by atomic mass is 9.85. The van der Waals surface area contributed by atoms with E-state index >= 15 is 0 Å². The van der Waals surface area contributed by atoms with Crippen LogP contribution in [0.25, 0.3) is 5.69 Å². The molecule has 184 valence electrons. The van der Waals surface area contributed by atoms with Crippen molar-refractivity contribution in [3.63, 3.8) is 0 Å². The van der Waals surface area contributed by atoms with E-state index in [1.54, 1.807) is 11.8 Å². The van der Waals surface area contributed by atoms with Crippen molar-refractivity contribution in [3.05, 3.63) is 77.3 Å². The van der Waals surface area contributed by atoms with Crippen LogP contribution in [0.4, 0.5) is 10.1 Å². The van der Waals surface area contributed by atoms with Gasteiger partial charge >= 0.3 is 0 Å². The topological polar surface area (TPSA) is 102 Å². The lowest BCUT2D eigenvalue weighted by molar-refractivity contribution is 0.159. The van der Waals surface area contributed by atoms with E-state index in [2.05, 4.69) is 26.9 Å². The number of likely N-dealkylation sites (N-methyl/N-ethyl adjacent to an activating group) is 2. The Balaban J connectivity index is 1.66. The van der Waals surface area contributed by atoms with Crippen LogP contribution in [-0.4, -0.2) is 71.3 Å². The maximum Gasteiger partial charge on any atom is 0.146 e. The molecule has 3 unspecified atom stereocenters. The number of aromatic nitrogens is 3. The summed E-state index contributed by atoms with van der Waals surface area (Å²) in [5, 5.41) is 4.32. The minimum Gasteiger partial charge on any atom is -0.494 e. The van der Waals surface area contributed by atoms with E-state index in [4.69, 9.17) is 16.2 Å². The first-order chi connectivity index (χ1) is 16.8. The molecular formula is C25H31FN8O. The number of methoxy groups -OCH3 is 1. The molecule has 2 aliphatic rings. The van der Waals surface area contributed by atoms with Gasteiger partial charge in [-0.25, -0.2) is 14.1 Å². The number of ether oxygens (including phenoxy) is 1. The summed E-state index contributed by atoms with van der Waals surface area (Å²) in [4.78, 5) is 10.6. The van der Waals surface area contributed by atoms with Crippen LogP contribution in [0.2, 0.25) is 0 Å². The van der Waals surface area contributed by atoms with Crippen molar-refractivity contribution in [2.24, 2.45) is 11.5 Å².